The maximum Gasteiger partial charge on any atom is 0.302 e. The van der Waals surface area contributed by atoms with Crippen molar-refractivity contribution in [3.63, 3.8) is 0 Å². The minimum absolute atomic E-state index is 0.142. The predicted octanol–water partition coefficient (Wildman–Crippen LogP) is 0.821. The van der Waals surface area contributed by atoms with Gasteiger partial charge in [-0.15, -0.1) is 3.89 Å². The second-order valence-electron chi connectivity index (χ2n) is 3.74. The number of halogens is 1. The molecule has 1 aromatic heterocycles. The molecule has 0 spiro atoms. The Bertz CT molecular complexity index is 596. The molecule has 1 rings (SSSR count). The Hall–Kier alpha value is -1.22. The van der Waals surface area contributed by atoms with Crippen LogP contribution in [-0.2, 0) is 20.2 Å². The highest BCUT2D eigenvalue weighted by atomic mass is 32.3. The van der Waals surface area contributed by atoms with Gasteiger partial charge in [-0.2, -0.15) is 8.42 Å². The molecule has 0 bridgehead atoms. The fourth-order valence-corrected chi connectivity index (χ4v) is 2.90. The van der Waals surface area contributed by atoms with E-state index in [1.54, 1.807) is 13.0 Å². The third kappa shape index (κ3) is 5.92. The first-order chi connectivity index (χ1) is 8.18. The summed E-state index contributed by atoms with van der Waals surface area (Å²) in [4.78, 5) is 3.84. The highest BCUT2D eigenvalue weighted by Crippen LogP contribution is 2.07. The van der Waals surface area contributed by atoms with E-state index in [4.69, 9.17) is 0 Å². The van der Waals surface area contributed by atoms with Crippen molar-refractivity contribution in [1.82, 2.24) is 4.98 Å². The van der Waals surface area contributed by atoms with Crippen LogP contribution in [0.2, 0.25) is 0 Å². The minimum Gasteiger partial charge on any atom is -0.267 e. The Balaban J connectivity index is 2.57. The number of hydrogen-bond acceptors (Lipinski definition) is 5. The highest BCUT2D eigenvalue weighted by molar-refractivity contribution is 7.92. The first-order valence-corrected chi connectivity index (χ1v) is 8.24. The molecule has 0 atom stereocenters. The molecule has 0 aliphatic carbocycles. The largest absolute Gasteiger partial charge is 0.302 e. The summed E-state index contributed by atoms with van der Waals surface area (Å²) in [6, 6.07) is 3.16. The van der Waals surface area contributed by atoms with Crippen molar-refractivity contribution >= 4 is 26.1 Å². The predicted molar refractivity (Wildman–Crippen MR) is 65.9 cm³/mol. The van der Waals surface area contributed by atoms with Crippen LogP contribution in [-0.4, -0.2) is 33.3 Å². The van der Waals surface area contributed by atoms with Crippen LogP contribution in [0, 0.1) is 6.92 Å². The molecule has 0 fully saturated rings. The van der Waals surface area contributed by atoms with Gasteiger partial charge in [0.05, 0.1) is 11.5 Å². The molecule has 0 unspecified atom stereocenters. The lowest BCUT2D eigenvalue weighted by atomic mass is 10.3. The van der Waals surface area contributed by atoms with Gasteiger partial charge in [0.15, 0.2) is 0 Å². The maximum absolute atomic E-state index is 12.2. The van der Waals surface area contributed by atoms with Gasteiger partial charge in [-0.05, 0) is 25.0 Å². The van der Waals surface area contributed by atoms with Gasteiger partial charge >= 0.3 is 10.2 Å². The lowest BCUT2D eigenvalue weighted by Gasteiger charge is -2.06. The number of pyridine rings is 1. The van der Waals surface area contributed by atoms with Crippen LogP contribution in [0.3, 0.4) is 0 Å². The molecule has 9 heteroatoms. The van der Waals surface area contributed by atoms with E-state index >= 15 is 0 Å². The number of hydrogen-bond donors (Lipinski definition) is 1. The van der Waals surface area contributed by atoms with E-state index in [1.807, 2.05) is 0 Å². The number of anilines is 1. The number of nitrogens with zero attached hydrogens (tertiary/aromatic N) is 1. The second-order valence-corrected chi connectivity index (χ2v) is 7.07. The van der Waals surface area contributed by atoms with Crippen molar-refractivity contribution in [2.75, 3.05) is 16.2 Å². The number of sulfonamides is 1. The molecule has 0 aliphatic heterocycles. The smallest absolute Gasteiger partial charge is 0.267 e. The van der Waals surface area contributed by atoms with Gasteiger partial charge in [-0.1, -0.05) is 6.07 Å². The van der Waals surface area contributed by atoms with Gasteiger partial charge in [-0.25, -0.2) is 13.4 Å². The summed E-state index contributed by atoms with van der Waals surface area (Å²) in [5.74, 6) is -1.15. The Morgan fingerprint density at radius 2 is 1.89 bits per heavy atom. The quantitative estimate of drug-likeness (QED) is 0.784. The SMILES string of the molecule is Cc1ccc(NS(=O)(=O)CCCS(=O)(=O)F)nc1. The van der Waals surface area contributed by atoms with E-state index in [9.17, 15) is 20.7 Å². The van der Waals surface area contributed by atoms with Crippen molar-refractivity contribution in [3.05, 3.63) is 23.9 Å². The number of nitrogens with one attached hydrogen (secondary N) is 1. The molecule has 0 saturated carbocycles. The zero-order valence-corrected chi connectivity index (χ0v) is 11.3. The molecule has 0 amide bonds. The van der Waals surface area contributed by atoms with E-state index in [-0.39, 0.29) is 12.2 Å². The molecular weight excluding hydrogens is 283 g/mol. The van der Waals surface area contributed by atoms with Crippen LogP contribution in [0.25, 0.3) is 0 Å². The van der Waals surface area contributed by atoms with Gasteiger partial charge in [0.2, 0.25) is 10.0 Å². The van der Waals surface area contributed by atoms with Crippen molar-refractivity contribution in [1.29, 1.82) is 0 Å². The standard InChI is InChI=1S/C9H13FN2O4S2/c1-8-3-4-9(11-7-8)12-18(15,16)6-2-5-17(10,13)14/h3-4,7H,2,5-6H2,1H3,(H,11,12). The third-order valence-corrected chi connectivity index (χ3v) is 4.10. The van der Waals surface area contributed by atoms with Crippen LogP contribution in [0.4, 0.5) is 9.70 Å². The van der Waals surface area contributed by atoms with Crippen molar-refractivity contribution in [2.45, 2.75) is 13.3 Å². The van der Waals surface area contributed by atoms with Crippen LogP contribution < -0.4 is 4.72 Å². The van der Waals surface area contributed by atoms with E-state index in [0.717, 1.165) is 5.56 Å². The third-order valence-electron chi connectivity index (χ3n) is 1.97. The van der Waals surface area contributed by atoms with E-state index in [0.29, 0.717) is 0 Å². The van der Waals surface area contributed by atoms with Gasteiger partial charge in [-0.3, -0.25) is 4.72 Å². The summed E-state index contributed by atoms with van der Waals surface area (Å²) in [5, 5.41) is 0. The molecular formula is C9H13FN2O4S2. The number of rotatable bonds is 6. The topological polar surface area (TPSA) is 93.2 Å². The Labute approximate surface area is 106 Å². The normalized spacial score (nSPS) is 12.3. The van der Waals surface area contributed by atoms with Crippen molar-refractivity contribution < 1.29 is 20.7 Å². The van der Waals surface area contributed by atoms with E-state index < -0.39 is 31.8 Å². The Morgan fingerprint density at radius 3 is 2.39 bits per heavy atom. The molecule has 0 saturated heterocycles. The fourth-order valence-electron chi connectivity index (χ4n) is 1.16. The van der Waals surface area contributed by atoms with Gasteiger partial charge in [0.25, 0.3) is 0 Å². The average molecular weight is 296 g/mol. The molecule has 0 aromatic carbocycles. The molecule has 18 heavy (non-hydrogen) atoms. The molecule has 0 radical (unpaired) electrons. The maximum atomic E-state index is 12.2. The van der Waals surface area contributed by atoms with Crippen LogP contribution in [0.5, 0.6) is 0 Å². The zero-order valence-electron chi connectivity index (χ0n) is 9.63. The molecule has 6 nitrogen and oxygen atoms in total. The zero-order chi connectivity index (χ0) is 13.8. The van der Waals surface area contributed by atoms with Gasteiger partial charge in [0.1, 0.15) is 5.82 Å². The summed E-state index contributed by atoms with van der Waals surface area (Å²) in [7, 11) is -8.35. The van der Waals surface area contributed by atoms with Crippen molar-refractivity contribution in [3.8, 4) is 0 Å². The average Bonchev–Trinajstić information content (AvgIpc) is 2.18. The van der Waals surface area contributed by atoms with E-state index in [2.05, 4.69) is 9.71 Å². The fraction of sp³-hybridized carbons (Fsp3) is 0.444. The lowest BCUT2D eigenvalue weighted by Crippen LogP contribution is -2.19. The summed E-state index contributed by atoms with van der Waals surface area (Å²) in [6.07, 6.45) is 1.18. The van der Waals surface area contributed by atoms with Crippen LogP contribution in [0.1, 0.15) is 12.0 Å². The molecule has 1 heterocycles. The molecule has 1 N–H and O–H groups in total. The van der Waals surface area contributed by atoms with E-state index in [1.165, 1.54) is 12.3 Å². The summed E-state index contributed by atoms with van der Waals surface area (Å²) < 4.78 is 57.8. The summed E-state index contributed by atoms with van der Waals surface area (Å²) in [5.41, 5.74) is 0.876. The van der Waals surface area contributed by atoms with Crippen LogP contribution >= 0.6 is 0 Å². The molecule has 102 valence electrons. The van der Waals surface area contributed by atoms with Crippen molar-refractivity contribution in [2.24, 2.45) is 0 Å². The molecule has 1 aromatic rings. The van der Waals surface area contributed by atoms with Gasteiger partial charge < -0.3 is 0 Å². The van der Waals surface area contributed by atoms with Crippen LogP contribution in [0.15, 0.2) is 18.3 Å². The minimum atomic E-state index is -4.63. The second kappa shape index (κ2) is 5.61. The summed E-state index contributed by atoms with van der Waals surface area (Å²) in [6.45, 7) is 1.80. The number of aromatic nitrogens is 1. The highest BCUT2D eigenvalue weighted by Gasteiger charge is 2.14. The first-order valence-electron chi connectivity index (χ1n) is 5.03. The lowest BCUT2D eigenvalue weighted by molar-refractivity contribution is 0.550. The molecule has 0 aliphatic rings. The first kappa shape index (κ1) is 14.8. The summed E-state index contributed by atoms with van der Waals surface area (Å²) >= 11 is 0. The monoisotopic (exact) mass is 296 g/mol. The Morgan fingerprint density at radius 1 is 1.22 bits per heavy atom. The van der Waals surface area contributed by atoms with Gasteiger partial charge in [0, 0.05) is 6.20 Å². The number of aryl methyl sites for hydroxylation is 1. The Kier molecular flexibility index (Phi) is 4.63.